The Morgan fingerprint density at radius 1 is 0.939 bits per heavy atom. The van der Waals surface area contributed by atoms with Crippen LogP contribution in [0.25, 0.3) is 10.8 Å². The number of benzene rings is 3. The highest BCUT2D eigenvalue weighted by Crippen LogP contribution is 2.35. The van der Waals surface area contributed by atoms with E-state index in [0.717, 1.165) is 11.1 Å². The molecule has 1 aliphatic heterocycles. The molecule has 0 atom stereocenters. The van der Waals surface area contributed by atoms with Crippen molar-refractivity contribution in [2.45, 2.75) is 6.42 Å². The molecular formula is C25H25N3O4S. The molecule has 0 aromatic heterocycles. The zero-order valence-electron chi connectivity index (χ0n) is 18.3. The number of hydrogen-bond donors (Lipinski definition) is 2. The van der Waals surface area contributed by atoms with Crippen LogP contribution < -0.4 is 15.4 Å². The number of nitrogens with one attached hydrogen (secondary N) is 2. The van der Waals surface area contributed by atoms with Crippen molar-refractivity contribution in [1.29, 1.82) is 0 Å². The van der Waals surface area contributed by atoms with E-state index >= 15 is 0 Å². The predicted molar refractivity (Wildman–Crippen MR) is 132 cm³/mol. The van der Waals surface area contributed by atoms with Gasteiger partial charge in [-0.2, -0.15) is 0 Å². The van der Waals surface area contributed by atoms with E-state index in [1.54, 1.807) is 25.3 Å². The molecule has 0 radical (unpaired) electrons. The summed E-state index contributed by atoms with van der Waals surface area (Å²) in [5.74, 6) is 0.0413. The van der Waals surface area contributed by atoms with Gasteiger partial charge in [0.1, 0.15) is 12.4 Å². The van der Waals surface area contributed by atoms with Crippen LogP contribution in [0.3, 0.4) is 0 Å². The van der Waals surface area contributed by atoms with E-state index in [2.05, 4.69) is 10.6 Å². The van der Waals surface area contributed by atoms with Crippen LogP contribution in [-0.2, 0) is 4.74 Å². The monoisotopic (exact) mass is 463 g/mol. The van der Waals surface area contributed by atoms with Gasteiger partial charge in [-0.3, -0.25) is 14.5 Å². The summed E-state index contributed by atoms with van der Waals surface area (Å²) < 4.78 is 10.8. The van der Waals surface area contributed by atoms with Gasteiger partial charge >= 0.3 is 0 Å². The molecule has 0 saturated carbocycles. The van der Waals surface area contributed by atoms with E-state index in [-0.39, 0.29) is 11.8 Å². The molecule has 8 heteroatoms. The van der Waals surface area contributed by atoms with Crippen molar-refractivity contribution in [3.8, 4) is 5.75 Å². The fraction of sp³-hybridized carbons (Fsp3) is 0.240. The van der Waals surface area contributed by atoms with Crippen LogP contribution in [0.1, 0.15) is 27.1 Å². The lowest BCUT2D eigenvalue weighted by molar-refractivity contribution is 0.0609. The van der Waals surface area contributed by atoms with Crippen molar-refractivity contribution in [2.75, 3.05) is 38.7 Å². The summed E-state index contributed by atoms with van der Waals surface area (Å²) in [6.07, 6.45) is 0.567. The molecule has 2 amide bonds. The van der Waals surface area contributed by atoms with Gasteiger partial charge in [0.2, 0.25) is 0 Å². The van der Waals surface area contributed by atoms with Crippen LogP contribution >= 0.6 is 12.2 Å². The van der Waals surface area contributed by atoms with Gasteiger partial charge in [0.15, 0.2) is 5.11 Å². The summed E-state index contributed by atoms with van der Waals surface area (Å²) in [6, 6.07) is 18.6. The third kappa shape index (κ3) is 4.97. The normalized spacial score (nSPS) is 12.7. The van der Waals surface area contributed by atoms with Gasteiger partial charge in [0.05, 0.1) is 6.61 Å². The minimum Gasteiger partial charge on any atom is -0.491 e. The maximum atomic E-state index is 13.1. The number of carbonyl (C=O) groups is 2. The van der Waals surface area contributed by atoms with Crippen LogP contribution in [0.4, 0.5) is 5.69 Å². The Balaban J connectivity index is 1.41. The van der Waals surface area contributed by atoms with Crippen LogP contribution in [0.15, 0.2) is 60.7 Å². The highest BCUT2D eigenvalue weighted by molar-refractivity contribution is 7.80. The molecule has 3 aromatic rings. The minimum atomic E-state index is -0.294. The molecule has 7 nitrogen and oxygen atoms in total. The minimum absolute atomic E-state index is 0.292. The van der Waals surface area contributed by atoms with Gasteiger partial charge in [0, 0.05) is 47.8 Å². The second-order valence-corrected chi connectivity index (χ2v) is 7.95. The van der Waals surface area contributed by atoms with Crippen LogP contribution in [0.2, 0.25) is 0 Å². The van der Waals surface area contributed by atoms with E-state index in [0.29, 0.717) is 60.1 Å². The number of nitrogens with zero attached hydrogens (tertiary/aromatic N) is 1. The number of rotatable bonds is 9. The number of anilines is 1. The molecule has 33 heavy (non-hydrogen) atoms. The lowest BCUT2D eigenvalue weighted by atomic mass is 9.93. The SMILES string of the molecule is COCCOc1ccc2c3c(cccc13)C(=O)N(CCCNC(=S)Nc1ccccc1)C2=O. The largest absolute Gasteiger partial charge is 0.491 e. The first kappa shape index (κ1) is 22.7. The fourth-order valence-corrected chi connectivity index (χ4v) is 4.04. The molecule has 3 aromatic carbocycles. The highest BCUT2D eigenvalue weighted by atomic mass is 32.1. The molecule has 4 rings (SSSR count). The number of amides is 2. The maximum absolute atomic E-state index is 13.1. The van der Waals surface area contributed by atoms with Gasteiger partial charge in [-0.25, -0.2) is 0 Å². The second kappa shape index (κ2) is 10.4. The Kier molecular flexibility index (Phi) is 7.16. The number of hydrogen-bond acceptors (Lipinski definition) is 5. The first-order chi connectivity index (χ1) is 16.1. The maximum Gasteiger partial charge on any atom is 0.261 e. The Bertz CT molecular complexity index is 1160. The highest BCUT2D eigenvalue weighted by Gasteiger charge is 2.33. The third-order valence-corrected chi connectivity index (χ3v) is 5.62. The molecule has 2 N–H and O–H groups in total. The van der Waals surface area contributed by atoms with Crippen molar-refractivity contribution < 1.29 is 19.1 Å². The van der Waals surface area contributed by atoms with Crippen molar-refractivity contribution in [3.05, 3.63) is 71.8 Å². The zero-order valence-corrected chi connectivity index (χ0v) is 19.1. The van der Waals surface area contributed by atoms with Crippen molar-refractivity contribution >= 4 is 45.6 Å². The molecule has 1 aliphatic rings. The van der Waals surface area contributed by atoms with Gasteiger partial charge in [-0.1, -0.05) is 30.3 Å². The Labute approximate surface area is 197 Å². The van der Waals surface area contributed by atoms with E-state index < -0.39 is 0 Å². The molecule has 1 heterocycles. The Morgan fingerprint density at radius 2 is 1.70 bits per heavy atom. The summed E-state index contributed by atoms with van der Waals surface area (Å²) in [5.41, 5.74) is 1.91. The third-order valence-electron chi connectivity index (χ3n) is 5.37. The molecule has 0 unspecified atom stereocenters. The standard InChI is InChI=1S/C25H25N3O4S/c1-31-15-16-32-21-12-11-20-22-18(21)9-5-10-19(22)23(29)28(24(20)30)14-6-13-26-25(33)27-17-7-3-2-4-8-17/h2-5,7-12H,6,13-16H2,1H3,(H2,26,27,33). The first-order valence-corrected chi connectivity index (χ1v) is 11.1. The summed E-state index contributed by atoms with van der Waals surface area (Å²) in [5, 5.41) is 8.11. The number of thiocarbonyl (C=S) groups is 1. The van der Waals surface area contributed by atoms with Gasteiger partial charge in [0.25, 0.3) is 11.8 Å². The topological polar surface area (TPSA) is 79.9 Å². The first-order valence-electron chi connectivity index (χ1n) is 10.7. The van der Waals surface area contributed by atoms with Crippen LogP contribution in [-0.4, -0.2) is 55.2 Å². The zero-order chi connectivity index (χ0) is 23.2. The number of carbonyl (C=O) groups excluding carboxylic acids is 2. The Morgan fingerprint density at radius 3 is 2.45 bits per heavy atom. The molecule has 0 spiro atoms. The van der Waals surface area contributed by atoms with Crippen molar-refractivity contribution in [2.24, 2.45) is 0 Å². The number of ether oxygens (including phenoxy) is 2. The summed E-state index contributed by atoms with van der Waals surface area (Å²) in [4.78, 5) is 27.6. The summed E-state index contributed by atoms with van der Waals surface area (Å²) >= 11 is 5.31. The lowest BCUT2D eigenvalue weighted by Crippen LogP contribution is -2.42. The second-order valence-electron chi connectivity index (χ2n) is 7.54. The van der Waals surface area contributed by atoms with Gasteiger partial charge in [-0.15, -0.1) is 0 Å². The quantitative estimate of drug-likeness (QED) is 0.284. The molecule has 0 saturated heterocycles. The fourth-order valence-electron chi connectivity index (χ4n) is 3.82. The Hall–Kier alpha value is -3.49. The van der Waals surface area contributed by atoms with Crippen LogP contribution in [0, 0.1) is 0 Å². The summed E-state index contributed by atoms with van der Waals surface area (Å²) in [6.45, 7) is 1.66. The molecule has 0 aliphatic carbocycles. The van der Waals surface area contributed by atoms with E-state index in [1.807, 2.05) is 42.5 Å². The number of methoxy groups -OCH3 is 1. The number of para-hydroxylation sites is 1. The average molecular weight is 464 g/mol. The van der Waals surface area contributed by atoms with Crippen molar-refractivity contribution in [3.63, 3.8) is 0 Å². The summed E-state index contributed by atoms with van der Waals surface area (Å²) in [7, 11) is 1.61. The lowest BCUT2D eigenvalue weighted by Gasteiger charge is -2.27. The average Bonchev–Trinajstić information content (AvgIpc) is 2.83. The number of imide groups is 1. The predicted octanol–water partition coefficient (Wildman–Crippen LogP) is 3.84. The molecule has 0 fully saturated rings. The smallest absolute Gasteiger partial charge is 0.261 e. The van der Waals surface area contributed by atoms with Gasteiger partial charge in [-0.05, 0) is 49.0 Å². The van der Waals surface area contributed by atoms with E-state index in [9.17, 15) is 9.59 Å². The van der Waals surface area contributed by atoms with E-state index in [1.165, 1.54) is 4.90 Å². The molecule has 0 bridgehead atoms. The van der Waals surface area contributed by atoms with E-state index in [4.69, 9.17) is 21.7 Å². The molecule has 170 valence electrons. The van der Waals surface area contributed by atoms with Gasteiger partial charge < -0.3 is 20.1 Å². The molecular weight excluding hydrogens is 438 g/mol. The van der Waals surface area contributed by atoms with Crippen molar-refractivity contribution in [1.82, 2.24) is 10.2 Å². The van der Waals surface area contributed by atoms with Crippen LogP contribution in [0.5, 0.6) is 5.75 Å².